The third-order valence-electron chi connectivity index (χ3n) is 8.91. The average molecular weight is 573 g/mol. The van der Waals surface area contributed by atoms with Gasteiger partial charge < -0.3 is 34.3 Å². The summed E-state index contributed by atoms with van der Waals surface area (Å²) in [7, 11) is -1.80. The first-order chi connectivity index (χ1) is 18.4. The molecule has 39 heavy (non-hydrogen) atoms. The summed E-state index contributed by atoms with van der Waals surface area (Å²) in [5.74, 6) is 0. The molecule has 230 valence electrons. The predicted octanol–water partition coefficient (Wildman–Crippen LogP) is 5.63. The van der Waals surface area contributed by atoms with Gasteiger partial charge in [0.2, 0.25) is 0 Å². The van der Waals surface area contributed by atoms with Crippen LogP contribution < -0.4 is 0 Å². The molecule has 0 saturated carbocycles. The normalized spacial score (nSPS) is 26.5. The fraction of sp³-hybridized carbons (Fsp3) is 0.935. The van der Waals surface area contributed by atoms with Crippen LogP contribution in [0.2, 0.25) is 18.1 Å². The van der Waals surface area contributed by atoms with Gasteiger partial charge in [-0.2, -0.15) is 0 Å². The minimum absolute atomic E-state index is 0.0721. The second-order valence-electron chi connectivity index (χ2n) is 13.4. The maximum absolute atomic E-state index is 10.4. The van der Waals surface area contributed by atoms with E-state index in [0.717, 1.165) is 6.42 Å². The molecule has 2 aliphatic rings. The van der Waals surface area contributed by atoms with E-state index in [4.69, 9.17) is 13.9 Å². The van der Waals surface area contributed by atoms with Gasteiger partial charge >= 0.3 is 0 Å². The van der Waals surface area contributed by atoms with Gasteiger partial charge in [0.1, 0.15) is 12.2 Å². The molecule has 0 radical (unpaired) electrons. The molecular weight excluding hydrogens is 512 g/mol. The maximum Gasteiger partial charge on any atom is 0.192 e. The first-order valence-corrected chi connectivity index (χ1v) is 18.6. The van der Waals surface area contributed by atoms with Crippen LogP contribution in [0.3, 0.4) is 0 Å². The SMILES string of the molecule is CCCCCCCC/C=C\[C@H]1O[C@@H]1CC[C@H](O)[C@@H](O)CC[C@H](O)[C@@H](O)CC[C@H]1O[C@@H]1CO[Si](C)(C)C(C)(C)C. The van der Waals surface area contributed by atoms with Crippen LogP contribution in [0.1, 0.15) is 111 Å². The van der Waals surface area contributed by atoms with Gasteiger partial charge in [-0.3, -0.25) is 0 Å². The molecule has 0 aromatic heterocycles. The fourth-order valence-electron chi connectivity index (χ4n) is 4.70. The van der Waals surface area contributed by atoms with Crippen LogP contribution >= 0.6 is 0 Å². The van der Waals surface area contributed by atoms with E-state index in [1.807, 2.05) is 0 Å². The van der Waals surface area contributed by atoms with Gasteiger partial charge in [0.15, 0.2) is 8.32 Å². The molecule has 8 atom stereocenters. The van der Waals surface area contributed by atoms with Crippen LogP contribution in [0.5, 0.6) is 0 Å². The lowest BCUT2D eigenvalue weighted by molar-refractivity contribution is -0.0241. The van der Waals surface area contributed by atoms with Crippen LogP contribution in [0.15, 0.2) is 12.2 Å². The van der Waals surface area contributed by atoms with Crippen molar-refractivity contribution in [3.05, 3.63) is 12.2 Å². The Morgan fingerprint density at radius 2 is 1.28 bits per heavy atom. The lowest BCUT2D eigenvalue weighted by Crippen LogP contribution is -2.41. The lowest BCUT2D eigenvalue weighted by atomic mass is 9.97. The van der Waals surface area contributed by atoms with Crippen LogP contribution in [-0.4, -0.2) is 84.2 Å². The summed E-state index contributed by atoms with van der Waals surface area (Å²) in [4.78, 5) is 0. The van der Waals surface area contributed by atoms with E-state index >= 15 is 0 Å². The molecule has 0 aromatic rings. The number of allylic oxidation sites excluding steroid dienone is 1. The van der Waals surface area contributed by atoms with Crippen molar-refractivity contribution >= 4 is 8.32 Å². The van der Waals surface area contributed by atoms with Crippen molar-refractivity contribution in [3.8, 4) is 0 Å². The molecule has 0 aromatic carbocycles. The largest absolute Gasteiger partial charge is 0.414 e. The Balaban J connectivity index is 1.50. The van der Waals surface area contributed by atoms with Gasteiger partial charge in [0.25, 0.3) is 0 Å². The number of aliphatic hydroxyl groups excluding tert-OH is 4. The van der Waals surface area contributed by atoms with Crippen LogP contribution in [0.4, 0.5) is 0 Å². The number of epoxide rings is 2. The zero-order valence-corrected chi connectivity index (χ0v) is 26.7. The van der Waals surface area contributed by atoms with Gasteiger partial charge in [-0.05, 0) is 69.5 Å². The molecule has 4 N–H and O–H groups in total. The summed E-state index contributed by atoms with van der Waals surface area (Å²) in [6, 6.07) is 0. The third kappa shape index (κ3) is 13.5. The molecule has 2 rings (SSSR count). The molecule has 8 heteroatoms. The summed E-state index contributed by atoms with van der Waals surface area (Å²) < 4.78 is 17.6. The van der Waals surface area contributed by atoms with Crippen LogP contribution in [0.25, 0.3) is 0 Å². The summed E-state index contributed by atoms with van der Waals surface area (Å²) in [5, 5.41) is 41.6. The Morgan fingerprint density at radius 3 is 1.87 bits per heavy atom. The van der Waals surface area contributed by atoms with Crippen molar-refractivity contribution in [2.24, 2.45) is 0 Å². The number of rotatable bonds is 22. The van der Waals surface area contributed by atoms with Crippen molar-refractivity contribution in [1.29, 1.82) is 0 Å². The van der Waals surface area contributed by atoms with Crippen molar-refractivity contribution in [2.45, 2.75) is 178 Å². The molecule has 0 amide bonds. The summed E-state index contributed by atoms with van der Waals surface area (Å²) in [5.41, 5.74) is 0. The third-order valence-corrected chi connectivity index (χ3v) is 13.4. The molecule has 0 spiro atoms. The van der Waals surface area contributed by atoms with E-state index in [1.165, 1.54) is 38.5 Å². The highest BCUT2D eigenvalue weighted by atomic mass is 28.4. The van der Waals surface area contributed by atoms with E-state index in [2.05, 4.69) is 52.9 Å². The van der Waals surface area contributed by atoms with Gasteiger partial charge in [-0.15, -0.1) is 0 Å². The smallest absolute Gasteiger partial charge is 0.192 e. The molecule has 2 heterocycles. The number of hydrogen-bond acceptors (Lipinski definition) is 7. The topological polar surface area (TPSA) is 115 Å². The molecule has 0 unspecified atom stereocenters. The minimum atomic E-state index is -1.80. The van der Waals surface area contributed by atoms with Crippen LogP contribution in [0, 0.1) is 0 Å². The lowest BCUT2D eigenvalue weighted by Gasteiger charge is -2.36. The van der Waals surface area contributed by atoms with Gasteiger partial charge in [0.05, 0.1) is 43.2 Å². The van der Waals surface area contributed by atoms with E-state index in [9.17, 15) is 20.4 Å². The molecule has 7 nitrogen and oxygen atoms in total. The Morgan fingerprint density at radius 1 is 0.744 bits per heavy atom. The highest BCUT2D eigenvalue weighted by molar-refractivity contribution is 6.74. The van der Waals surface area contributed by atoms with E-state index in [-0.39, 0.29) is 42.3 Å². The van der Waals surface area contributed by atoms with E-state index in [0.29, 0.717) is 32.3 Å². The first-order valence-electron chi connectivity index (χ1n) is 15.7. The fourth-order valence-corrected chi connectivity index (χ4v) is 5.71. The average Bonchev–Trinajstić information content (AvgIpc) is 3.80. The molecular formula is C31H60O7Si. The van der Waals surface area contributed by atoms with Crippen molar-refractivity contribution in [1.82, 2.24) is 0 Å². The monoisotopic (exact) mass is 572 g/mol. The number of unbranched alkanes of at least 4 members (excludes halogenated alkanes) is 6. The zero-order valence-electron chi connectivity index (χ0n) is 25.7. The number of hydrogen-bond donors (Lipinski definition) is 4. The summed E-state index contributed by atoms with van der Waals surface area (Å²) >= 11 is 0. The summed E-state index contributed by atoms with van der Waals surface area (Å²) in [6.45, 7) is 13.9. The molecule has 2 aliphatic heterocycles. The maximum atomic E-state index is 10.4. The molecule has 0 aliphatic carbocycles. The Bertz CT molecular complexity index is 695. The van der Waals surface area contributed by atoms with Crippen molar-refractivity contribution in [2.75, 3.05) is 6.61 Å². The highest BCUT2D eigenvalue weighted by Gasteiger charge is 2.43. The zero-order chi connectivity index (χ0) is 29.1. The predicted molar refractivity (Wildman–Crippen MR) is 159 cm³/mol. The number of aliphatic hydroxyl groups is 4. The summed E-state index contributed by atoms with van der Waals surface area (Å²) in [6.07, 6.45) is 12.8. The highest BCUT2D eigenvalue weighted by Crippen LogP contribution is 2.38. The van der Waals surface area contributed by atoms with E-state index in [1.54, 1.807) is 0 Å². The Kier molecular flexibility index (Phi) is 15.2. The molecule has 2 fully saturated rings. The number of ether oxygens (including phenoxy) is 2. The van der Waals surface area contributed by atoms with Crippen LogP contribution in [-0.2, 0) is 13.9 Å². The van der Waals surface area contributed by atoms with Gasteiger partial charge in [0, 0.05) is 0 Å². The second-order valence-corrected chi connectivity index (χ2v) is 18.2. The first kappa shape index (κ1) is 34.9. The van der Waals surface area contributed by atoms with Crippen molar-refractivity contribution < 1.29 is 34.3 Å². The minimum Gasteiger partial charge on any atom is -0.414 e. The van der Waals surface area contributed by atoms with Gasteiger partial charge in [-0.1, -0.05) is 72.0 Å². The standard InChI is InChI=1S/C31H60O7Si/c1-7-8-9-10-11-12-13-14-15-27-28(37-27)20-18-25(34)23(32)16-17-24(33)26(35)19-21-29-30(38-29)22-36-39(5,6)31(2,3)4/h14-15,23-30,32-35H,7-13,16-22H2,1-6H3/b15-14-/t23-,24-,25-,26-,27+,28+,29+,30+/m0/s1. The Labute approximate surface area is 239 Å². The van der Waals surface area contributed by atoms with Gasteiger partial charge in [-0.25, -0.2) is 0 Å². The second kappa shape index (κ2) is 17.0. The molecule has 0 bridgehead atoms. The van der Waals surface area contributed by atoms with E-state index < -0.39 is 32.7 Å². The Hall–Kier alpha value is -0.323. The van der Waals surface area contributed by atoms with Crippen molar-refractivity contribution in [3.63, 3.8) is 0 Å². The quantitative estimate of drug-likeness (QED) is 0.0575. The molecule has 2 saturated heterocycles.